The molecule has 5 rings (SSSR count). The van der Waals surface area contributed by atoms with Gasteiger partial charge in [0.25, 0.3) is 5.91 Å². The molecule has 1 atom stereocenters. The molecule has 3 aromatic rings. The van der Waals surface area contributed by atoms with Crippen molar-refractivity contribution in [3.05, 3.63) is 82.9 Å². The number of benzene rings is 3. The van der Waals surface area contributed by atoms with Crippen LogP contribution in [0.2, 0.25) is 0 Å². The summed E-state index contributed by atoms with van der Waals surface area (Å²) in [5.74, 6) is 1.03. The molecule has 0 bridgehead atoms. The smallest absolute Gasteiger partial charge is 0.338 e. The van der Waals surface area contributed by atoms with Gasteiger partial charge in [-0.05, 0) is 98.0 Å². The molecule has 10 nitrogen and oxygen atoms in total. The van der Waals surface area contributed by atoms with Gasteiger partial charge < -0.3 is 23.8 Å². The fraction of sp³-hybridized carbons (Fsp3) is 0.394. The van der Waals surface area contributed by atoms with Crippen LogP contribution in [0.3, 0.4) is 0 Å². The highest BCUT2D eigenvalue weighted by Crippen LogP contribution is 2.39. The number of hydrogen-bond donors (Lipinski definition) is 0. The third kappa shape index (κ3) is 6.53. The molecule has 0 saturated carbocycles. The molecule has 0 N–H and O–H groups in total. The molecule has 0 aliphatic carbocycles. The Morgan fingerprint density at radius 2 is 1.48 bits per heavy atom. The van der Waals surface area contributed by atoms with E-state index in [4.69, 9.17) is 18.9 Å². The van der Waals surface area contributed by atoms with E-state index in [1.807, 2.05) is 12.1 Å². The maximum atomic E-state index is 14.0. The van der Waals surface area contributed by atoms with Crippen molar-refractivity contribution in [2.24, 2.45) is 0 Å². The van der Waals surface area contributed by atoms with Crippen LogP contribution in [-0.4, -0.2) is 76.6 Å². The van der Waals surface area contributed by atoms with Gasteiger partial charge in [0.1, 0.15) is 12.4 Å². The van der Waals surface area contributed by atoms with Crippen LogP contribution in [0.5, 0.6) is 17.2 Å². The number of methoxy groups -OCH3 is 2. The zero-order valence-electron chi connectivity index (χ0n) is 25.3. The van der Waals surface area contributed by atoms with Crippen LogP contribution in [0, 0.1) is 0 Å². The minimum atomic E-state index is -3.61. The van der Waals surface area contributed by atoms with E-state index in [0.29, 0.717) is 54.4 Å². The van der Waals surface area contributed by atoms with Crippen molar-refractivity contribution in [2.45, 2.75) is 43.5 Å². The fourth-order valence-corrected chi connectivity index (χ4v) is 7.23. The summed E-state index contributed by atoms with van der Waals surface area (Å²) in [6.45, 7) is 3.61. The molecule has 0 aromatic heterocycles. The summed E-state index contributed by atoms with van der Waals surface area (Å²) in [6.07, 6.45) is 3.32. The second-order valence-electron chi connectivity index (χ2n) is 10.7. The number of esters is 1. The number of amides is 1. The maximum absolute atomic E-state index is 14.0. The summed E-state index contributed by atoms with van der Waals surface area (Å²) in [5.41, 5.74) is 2.69. The molecule has 0 unspecified atom stereocenters. The molecule has 2 aliphatic heterocycles. The summed E-state index contributed by atoms with van der Waals surface area (Å²) in [7, 11) is -0.468. The zero-order chi connectivity index (χ0) is 31.3. The second-order valence-corrected chi connectivity index (χ2v) is 12.7. The summed E-state index contributed by atoms with van der Waals surface area (Å²) in [5, 5.41) is 0. The van der Waals surface area contributed by atoms with Crippen molar-refractivity contribution in [1.29, 1.82) is 0 Å². The number of carbonyl (C=O) groups excluding carboxylic acids is 2. The lowest BCUT2D eigenvalue weighted by molar-refractivity contribution is 0.0524. The first-order valence-electron chi connectivity index (χ1n) is 14.8. The van der Waals surface area contributed by atoms with E-state index >= 15 is 0 Å². The van der Waals surface area contributed by atoms with Crippen molar-refractivity contribution in [3.8, 4) is 17.2 Å². The summed E-state index contributed by atoms with van der Waals surface area (Å²) < 4.78 is 50.1. The minimum absolute atomic E-state index is 0.133. The molecule has 1 fully saturated rings. The molecule has 0 radical (unpaired) electrons. The Balaban J connectivity index is 1.41. The topological polar surface area (TPSA) is 112 Å². The highest BCUT2D eigenvalue weighted by molar-refractivity contribution is 7.89. The Hall–Kier alpha value is -4.09. The quantitative estimate of drug-likeness (QED) is 0.295. The highest BCUT2D eigenvalue weighted by Gasteiger charge is 2.34. The van der Waals surface area contributed by atoms with Crippen LogP contribution < -0.4 is 14.2 Å². The summed E-state index contributed by atoms with van der Waals surface area (Å²) >= 11 is 0. The normalized spacial score (nSPS) is 17.0. The fourth-order valence-electron chi connectivity index (χ4n) is 5.72. The van der Waals surface area contributed by atoms with Gasteiger partial charge in [-0.15, -0.1) is 0 Å². The monoisotopic (exact) mass is 622 g/mol. The molecule has 3 aromatic carbocycles. The number of sulfonamides is 1. The van der Waals surface area contributed by atoms with Crippen molar-refractivity contribution in [3.63, 3.8) is 0 Å². The number of carbonyl (C=O) groups is 2. The molecule has 0 spiro atoms. The highest BCUT2D eigenvalue weighted by atomic mass is 32.2. The van der Waals surface area contributed by atoms with Crippen molar-refractivity contribution in [2.75, 3.05) is 47.1 Å². The molecule has 1 saturated heterocycles. The molecular weight excluding hydrogens is 584 g/mol. The SMILES string of the molecule is CCOC(=O)c1ccc(OC[C@H]2c3cc(OC)c(OC)cc3CCN2C(=O)c2ccc(S(=O)(=O)N3CCCCC3)cc2)cc1. The number of fused-ring (bicyclic) bond motifs is 1. The number of piperidine rings is 1. The lowest BCUT2D eigenvalue weighted by atomic mass is 9.91. The third-order valence-electron chi connectivity index (χ3n) is 8.09. The average molecular weight is 623 g/mol. The maximum Gasteiger partial charge on any atom is 0.338 e. The van der Waals surface area contributed by atoms with Gasteiger partial charge in [-0.2, -0.15) is 4.31 Å². The van der Waals surface area contributed by atoms with E-state index in [9.17, 15) is 18.0 Å². The molecule has 2 aliphatic rings. The van der Waals surface area contributed by atoms with E-state index in [-0.39, 0.29) is 24.0 Å². The standard InChI is InChI=1S/C33H38N2O8S/c1-4-42-33(37)24-8-12-26(13-9-24)43-22-29-28-21-31(41-3)30(40-2)20-25(28)16-19-35(29)32(36)23-10-14-27(15-11-23)44(38,39)34-17-6-5-7-18-34/h8-15,20-21,29H,4-7,16-19,22H2,1-3H3/t29-/m0/s1. The molecule has 44 heavy (non-hydrogen) atoms. The summed E-state index contributed by atoms with van der Waals surface area (Å²) in [6, 6.07) is 16.2. The van der Waals surface area contributed by atoms with Gasteiger partial charge >= 0.3 is 5.97 Å². The molecule has 11 heteroatoms. The lowest BCUT2D eigenvalue weighted by Gasteiger charge is -2.37. The van der Waals surface area contributed by atoms with Crippen LogP contribution in [-0.2, 0) is 21.2 Å². The number of rotatable bonds is 10. The summed E-state index contributed by atoms with van der Waals surface area (Å²) in [4.78, 5) is 27.9. The largest absolute Gasteiger partial charge is 0.493 e. The minimum Gasteiger partial charge on any atom is -0.493 e. The van der Waals surface area contributed by atoms with Gasteiger partial charge in [-0.25, -0.2) is 13.2 Å². The molecule has 2 heterocycles. The van der Waals surface area contributed by atoms with Crippen LogP contribution in [0.25, 0.3) is 0 Å². The average Bonchev–Trinajstić information content (AvgIpc) is 3.06. The molecule has 234 valence electrons. The lowest BCUT2D eigenvalue weighted by Crippen LogP contribution is -2.42. The zero-order valence-corrected chi connectivity index (χ0v) is 26.1. The van der Waals surface area contributed by atoms with E-state index in [1.54, 1.807) is 62.4 Å². The first-order valence-corrected chi connectivity index (χ1v) is 16.3. The van der Waals surface area contributed by atoms with E-state index < -0.39 is 22.0 Å². The van der Waals surface area contributed by atoms with Crippen LogP contribution in [0.1, 0.15) is 64.1 Å². The Bertz CT molecular complexity index is 1580. The van der Waals surface area contributed by atoms with Gasteiger partial charge in [0.15, 0.2) is 11.5 Å². The van der Waals surface area contributed by atoms with Gasteiger partial charge in [0.05, 0.1) is 37.3 Å². The Kier molecular flexibility index (Phi) is 9.75. The number of hydrogen-bond acceptors (Lipinski definition) is 8. The van der Waals surface area contributed by atoms with E-state index in [0.717, 1.165) is 30.4 Å². The van der Waals surface area contributed by atoms with Crippen LogP contribution in [0.15, 0.2) is 65.6 Å². The van der Waals surface area contributed by atoms with Crippen LogP contribution >= 0.6 is 0 Å². The third-order valence-corrected chi connectivity index (χ3v) is 10.0. The number of nitrogens with zero attached hydrogens (tertiary/aromatic N) is 2. The number of ether oxygens (including phenoxy) is 4. The van der Waals surface area contributed by atoms with Gasteiger partial charge in [-0.3, -0.25) is 4.79 Å². The van der Waals surface area contributed by atoms with Gasteiger partial charge in [-0.1, -0.05) is 6.42 Å². The molecule has 1 amide bonds. The van der Waals surface area contributed by atoms with Crippen molar-refractivity contribution in [1.82, 2.24) is 9.21 Å². The van der Waals surface area contributed by atoms with E-state index in [1.165, 1.54) is 16.4 Å². The van der Waals surface area contributed by atoms with Crippen molar-refractivity contribution >= 4 is 21.9 Å². The van der Waals surface area contributed by atoms with Crippen molar-refractivity contribution < 1.29 is 37.0 Å². The first kappa shape index (κ1) is 31.3. The predicted octanol–water partition coefficient (Wildman–Crippen LogP) is 4.87. The van der Waals surface area contributed by atoms with E-state index in [2.05, 4.69) is 0 Å². The second kappa shape index (κ2) is 13.7. The van der Waals surface area contributed by atoms with Crippen LogP contribution in [0.4, 0.5) is 0 Å². The molecular formula is C33H38N2O8S. The Morgan fingerprint density at radius 1 is 0.841 bits per heavy atom. The Labute approximate surface area is 258 Å². The van der Waals surface area contributed by atoms with Gasteiger partial charge in [0.2, 0.25) is 10.0 Å². The first-order chi connectivity index (χ1) is 21.3. The Morgan fingerprint density at radius 3 is 2.11 bits per heavy atom. The van der Waals surface area contributed by atoms with Gasteiger partial charge in [0, 0.05) is 25.2 Å². The predicted molar refractivity (Wildman–Crippen MR) is 164 cm³/mol.